The summed E-state index contributed by atoms with van der Waals surface area (Å²) in [4.78, 5) is 21.5. The van der Waals surface area contributed by atoms with Crippen LogP contribution < -0.4 is 0 Å². The van der Waals surface area contributed by atoms with Gasteiger partial charge in [0.2, 0.25) is 0 Å². The fourth-order valence-electron chi connectivity index (χ4n) is 3.42. The lowest BCUT2D eigenvalue weighted by Crippen LogP contribution is -2.51. The molecule has 132 valence electrons. The normalized spacial score (nSPS) is 21.6. The number of rotatable bonds is 4. The summed E-state index contributed by atoms with van der Waals surface area (Å²) in [6, 6.07) is 10.3. The van der Waals surface area contributed by atoms with Crippen molar-refractivity contribution >= 4 is 17.2 Å². The molecule has 1 amide bonds. The molecular formula is C19H23N3O2S. The summed E-state index contributed by atoms with van der Waals surface area (Å²) >= 11 is 1.69. The monoisotopic (exact) mass is 357 g/mol. The van der Waals surface area contributed by atoms with Gasteiger partial charge in [-0.2, -0.15) is 0 Å². The maximum absolute atomic E-state index is 12.4. The maximum atomic E-state index is 12.4. The smallest absolute Gasteiger partial charge is 0.251 e. The minimum atomic E-state index is -0.196. The Bertz CT molecular complexity index is 704. The van der Waals surface area contributed by atoms with Crippen LogP contribution in [0.1, 0.15) is 18.5 Å². The Morgan fingerprint density at radius 2 is 2.00 bits per heavy atom. The van der Waals surface area contributed by atoms with Crippen LogP contribution in [-0.4, -0.2) is 59.6 Å². The first-order chi connectivity index (χ1) is 12.3. The molecule has 1 aromatic heterocycles. The molecule has 1 atom stereocenters. The zero-order valence-electron chi connectivity index (χ0n) is 14.3. The highest BCUT2D eigenvalue weighted by molar-refractivity contribution is 7.13. The molecule has 0 radical (unpaired) electrons. The number of amides is 1. The number of aromatic nitrogens is 1. The zero-order chi connectivity index (χ0) is 17.1. The second-order valence-corrected chi connectivity index (χ2v) is 7.47. The van der Waals surface area contributed by atoms with Crippen molar-refractivity contribution in [2.24, 2.45) is 0 Å². The van der Waals surface area contributed by atoms with Gasteiger partial charge >= 0.3 is 0 Å². The average Bonchev–Trinajstić information content (AvgIpc) is 3.35. The third-order valence-electron chi connectivity index (χ3n) is 4.85. The van der Waals surface area contributed by atoms with E-state index in [0.717, 1.165) is 62.9 Å². The molecule has 3 heterocycles. The lowest BCUT2D eigenvalue weighted by molar-refractivity contribution is -0.142. The van der Waals surface area contributed by atoms with E-state index in [1.807, 2.05) is 23.1 Å². The molecule has 2 saturated heterocycles. The summed E-state index contributed by atoms with van der Waals surface area (Å²) in [5.41, 5.74) is 2.29. The van der Waals surface area contributed by atoms with E-state index in [1.165, 1.54) is 5.56 Å². The largest absolute Gasteiger partial charge is 0.368 e. The zero-order valence-corrected chi connectivity index (χ0v) is 15.1. The van der Waals surface area contributed by atoms with Crippen LogP contribution >= 0.6 is 11.3 Å². The van der Waals surface area contributed by atoms with Crippen molar-refractivity contribution < 1.29 is 9.53 Å². The summed E-state index contributed by atoms with van der Waals surface area (Å²) in [6.45, 7) is 4.95. The van der Waals surface area contributed by atoms with Gasteiger partial charge in [0.05, 0.1) is 5.69 Å². The predicted molar refractivity (Wildman–Crippen MR) is 98.4 cm³/mol. The van der Waals surface area contributed by atoms with Crippen molar-refractivity contribution in [3.63, 3.8) is 0 Å². The summed E-state index contributed by atoms with van der Waals surface area (Å²) in [5, 5.41) is 3.22. The van der Waals surface area contributed by atoms with Crippen LogP contribution in [0, 0.1) is 0 Å². The molecule has 0 aliphatic carbocycles. The van der Waals surface area contributed by atoms with Gasteiger partial charge in [-0.15, -0.1) is 11.3 Å². The molecule has 25 heavy (non-hydrogen) atoms. The molecule has 2 fully saturated rings. The van der Waals surface area contributed by atoms with Crippen molar-refractivity contribution in [2.75, 3.05) is 32.8 Å². The topological polar surface area (TPSA) is 45.7 Å². The van der Waals surface area contributed by atoms with Gasteiger partial charge in [-0.05, 0) is 12.8 Å². The summed E-state index contributed by atoms with van der Waals surface area (Å²) in [5.74, 6) is 0.178. The van der Waals surface area contributed by atoms with E-state index in [-0.39, 0.29) is 12.0 Å². The average molecular weight is 357 g/mol. The molecule has 0 bridgehead atoms. The van der Waals surface area contributed by atoms with Gasteiger partial charge in [-0.25, -0.2) is 4.98 Å². The van der Waals surface area contributed by atoms with Crippen LogP contribution in [0.2, 0.25) is 0 Å². The van der Waals surface area contributed by atoms with Gasteiger partial charge in [0, 0.05) is 50.3 Å². The molecule has 1 aromatic carbocycles. The lowest BCUT2D eigenvalue weighted by Gasteiger charge is -2.35. The van der Waals surface area contributed by atoms with Gasteiger partial charge in [-0.1, -0.05) is 30.3 Å². The van der Waals surface area contributed by atoms with Crippen molar-refractivity contribution in [1.29, 1.82) is 0 Å². The number of piperazine rings is 1. The van der Waals surface area contributed by atoms with Gasteiger partial charge in [0.1, 0.15) is 11.1 Å². The number of thiazole rings is 1. The molecule has 6 heteroatoms. The number of ether oxygens (including phenoxy) is 1. The molecule has 4 rings (SSSR count). The Balaban J connectivity index is 1.30. The fraction of sp³-hybridized carbons (Fsp3) is 0.474. The minimum absolute atomic E-state index is 0.178. The molecule has 0 N–H and O–H groups in total. The molecule has 2 aromatic rings. The second-order valence-electron chi connectivity index (χ2n) is 6.61. The summed E-state index contributed by atoms with van der Waals surface area (Å²) in [6.07, 6.45) is 1.68. The molecule has 0 spiro atoms. The number of hydrogen-bond acceptors (Lipinski definition) is 5. The fourth-order valence-corrected chi connectivity index (χ4v) is 4.24. The highest BCUT2D eigenvalue weighted by Gasteiger charge is 2.30. The van der Waals surface area contributed by atoms with Crippen LogP contribution in [0.3, 0.4) is 0 Å². The Morgan fingerprint density at radius 1 is 1.20 bits per heavy atom. The van der Waals surface area contributed by atoms with E-state index >= 15 is 0 Å². The molecule has 2 aliphatic heterocycles. The van der Waals surface area contributed by atoms with Gasteiger partial charge < -0.3 is 9.64 Å². The first-order valence-corrected chi connectivity index (χ1v) is 9.80. The van der Waals surface area contributed by atoms with Crippen LogP contribution in [0.15, 0.2) is 35.7 Å². The van der Waals surface area contributed by atoms with E-state index < -0.39 is 0 Å². The number of carbonyl (C=O) groups excluding carboxylic acids is 1. The van der Waals surface area contributed by atoms with E-state index in [4.69, 9.17) is 9.72 Å². The highest BCUT2D eigenvalue weighted by atomic mass is 32.1. The van der Waals surface area contributed by atoms with Crippen molar-refractivity contribution in [3.05, 3.63) is 41.4 Å². The number of benzene rings is 1. The third kappa shape index (κ3) is 3.92. The summed E-state index contributed by atoms with van der Waals surface area (Å²) in [7, 11) is 0. The lowest BCUT2D eigenvalue weighted by atomic mass is 10.2. The molecule has 2 aliphatic rings. The van der Waals surface area contributed by atoms with Gasteiger partial charge in [-0.3, -0.25) is 9.69 Å². The number of hydrogen-bond donors (Lipinski definition) is 0. The first kappa shape index (κ1) is 16.7. The molecular weight excluding hydrogens is 334 g/mol. The first-order valence-electron chi connectivity index (χ1n) is 8.92. The predicted octanol–water partition coefficient (Wildman–Crippen LogP) is 2.63. The maximum Gasteiger partial charge on any atom is 0.251 e. The van der Waals surface area contributed by atoms with E-state index in [2.05, 4.69) is 22.4 Å². The molecule has 0 saturated carbocycles. The Morgan fingerprint density at radius 3 is 2.72 bits per heavy atom. The van der Waals surface area contributed by atoms with Gasteiger partial charge in [0.25, 0.3) is 5.91 Å². The van der Waals surface area contributed by atoms with Crippen molar-refractivity contribution in [3.8, 4) is 10.6 Å². The van der Waals surface area contributed by atoms with E-state index in [1.54, 1.807) is 11.3 Å². The van der Waals surface area contributed by atoms with Crippen LogP contribution in [-0.2, 0) is 16.1 Å². The molecule has 0 unspecified atom stereocenters. The van der Waals surface area contributed by atoms with Gasteiger partial charge in [0.15, 0.2) is 0 Å². The Labute approximate surface area is 152 Å². The van der Waals surface area contributed by atoms with Crippen LogP contribution in [0.5, 0.6) is 0 Å². The number of nitrogens with zero attached hydrogens (tertiary/aromatic N) is 3. The van der Waals surface area contributed by atoms with Crippen LogP contribution in [0.25, 0.3) is 10.6 Å². The Hall–Kier alpha value is -1.76. The van der Waals surface area contributed by atoms with Crippen molar-refractivity contribution in [2.45, 2.75) is 25.5 Å². The Kier molecular flexibility index (Phi) is 5.10. The third-order valence-corrected chi connectivity index (χ3v) is 5.79. The standard InChI is InChI=1S/C19H23N3O2S/c23-19(17-7-4-12-24-17)22-10-8-21(9-11-22)13-16-14-25-18(20-16)15-5-2-1-3-6-15/h1-3,5-6,14,17H,4,7-13H2/t17-/m0/s1. The van der Waals surface area contributed by atoms with Crippen LogP contribution in [0.4, 0.5) is 0 Å². The molecule has 5 nitrogen and oxygen atoms in total. The number of carbonyl (C=O) groups is 1. The van der Waals surface area contributed by atoms with E-state index in [9.17, 15) is 4.79 Å². The SMILES string of the molecule is O=C([C@@H]1CCCO1)N1CCN(Cc2csc(-c3ccccc3)n2)CC1. The second kappa shape index (κ2) is 7.64. The highest BCUT2D eigenvalue weighted by Crippen LogP contribution is 2.24. The van der Waals surface area contributed by atoms with Crippen molar-refractivity contribution in [1.82, 2.24) is 14.8 Å². The quantitative estimate of drug-likeness (QED) is 0.844. The van der Waals surface area contributed by atoms with E-state index in [0.29, 0.717) is 0 Å². The minimum Gasteiger partial charge on any atom is -0.368 e. The summed E-state index contributed by atoms with van der Waals surface area (Å²) < 4.78 is 5.52.